The molecule has 6 heteroatoms. The van der Waals surface area contributed by atoms with Crippen LogP contribution in [0.2, 0.25) is 0 Å². The van der Waals surface area contributed by atoms with Crippen LogP contribution in [-0.2, 0) is 20.1 Å². The molecule has 2 rings (SSSR count). The van der Waals surface area contributed by atoms with E-state index in [0.717, 1.165) is 35.9 Å². The van der Waals surface area contributed by atoms with E-state index in [0.29, 0.717) is 13.1 Å². The number of aliphatic imine (C=N–C) groups is 1. The van der Waals surface area contributed by atoms with Crippen LogP contribution in [-0.4, -0.2) is 29.4 Å². The van der Waals surface area contributed by atoms with Gasteiger partial charge in [-0.15, -0.1) is 0 Å². The van der Waals surface area contributed by atoms with Gasteiger partial charge >= 0.3 is 0 Å². The Hall–Kier alpha value is -2.50. The minimum Gasteiger partial charge on any atom is -0.493 e. The first-order valence-electron chi connectivity index (χ1n) is 9.26. The monoisotopic (exact) mass is 357 g/mol. The molecule has 0 atom stereocenters. The van der Waals surface area contributed by atoms with E-state index in [4.69, 9.17) is 4.74 Å². The lowest BCUT2D eigenvalue weighted by atomic mass is 10.1. The van der Waals surface area contributed by atoms with E-state index in [1.54, 1.807) is 11.7 Å². The fraction of sp³-hybridized carbons (Fsp3) is 0.500. The number of rotatable bonds is 9. The van der Waals surface area contributed by atoms with Crippen molar-refractivity contribution in [3.05, 3.63) is 47.3 Å². The molecule has 0 bridgehead atoms. The normalized spacial score (nSPS) is 11.5. The summed E-state index contributed by atoms with van der Waals surface area (Å²) in [5.74, 6) is 1.71. The molecule has 0 fully saturated rings. The zero-order valence-corrected chi connectivity index (χ0v) is 16.4. The lowest BCUT2D eigenvalue weighted by molar-refractivity contribution is 0.303. The molecule has 0 aliphatic rings. The predicted octanol–water partition coefficient (Wildman–Crippen LogP) is 3.16. The summed E-state index contributed by atoms with van der Waals surface area (Å²) in [4.78, 5) is 4.29. The summed E-state index contributed by atoms with van der Waals surface area (Å²) in [5, 5.41) is 10.8. The lowest BCUT2D eigenvalue weighted by Crippen LogP contribution is -2.36. The van der Waals surface area contributed by atoms with Crippen LogP contribution < -0.4 is 15.4 Å². The van der Waals surface area contributed by atoms with Crippen LogP contribution in [0.15, 0.2) is 35.6 Å². The highest BCUT2D eigenvalue weighted by Gasteiger charge is 2.06. The van der Waals surface area contributed by atoms with E-state index in [2.05, 4.69) is 52.8 Å². The maximum Gasteiger partial charge on any atom is 0.191 e. The van der Waals surface area contributed by atoms with Gasteiger partial charge in [-0.3, -0.25) is 9.67 Å². The van der Waals surface area contributed by atoms with Crippen LogP contribution in [0, 0.1) is 6.92 Å². The van der Waals surface area contributed by atoms with Crippen LogP contribution in [0.25, 0.3) is 0 Å². The maximum atomic E-state index is 6.01. The van der Waals surface area contributed by atoms with Gasteiger partial charge in [0.2, 0.25) is 0 Å². The largest absolute Gasteiger partial charge is 0.493 e. The van der Waals surface area contributed by atoms with E-state index in [-0.39, 0.29) is 0 Å². The second kappa shape index (κ2) is 10.5. The van der Waals surface area contributed by atoms with Gasteiger partial charge in [-0.25, -0.2) is 0 Å². The molecule has 0 amide bonds. The van der Waals surface area contributed by atoms with Crippen molar-refractivity contribution < 1.29 is 4.74 Å². The third kappa shape index (κ3) is 6.43. The van der Waals surface area contributed by atoms with Crippen molar-refractivity contribution in [3.63, 3.8) is 0 Å². The topological polar surface area (TPSA) is 63.5 Å². The van der Waals surface area contributed by atoms with Gasteiger partial charge < -0.3 is 15.4 Å². The van der Waals surface area contributed by atoms with Gasteiger partial charge in [0.1, 0.15) is 5.75 Å². The first-order chi connectivity index (χ1) is 12.6. The first-order valence-corrected chi connectivity index (χ1v) is 9.26. The summed E-state index contributed by atoms with van der Waals surface area (Å²) in [7, 11) is 3.69. The number of ether oxygens (including phenoxy) is 1. The number of benzene rings is 1. The van der Waals surface area contributed by atoms with Crippen LogP contribution in [0.5, 0.6) is 5.75 Å². The van der Waals surface area contributed by atoms with Crippen LogP contribution in [0.1, 0.15) is 42.9 Å². The van der Waals surface area contributed by atoms with Gasteiger partial charge in [0.25, 0.3) is 0 Å². The summed E-state index contributed by atoms with van der Waals surface area (Å²) >= 11 is 0. The van der Waals surface area contributed by atoms with Gasteiger partial charge in [0.05, 0.1) is 12.8 Å². The molecule has 0 saturated heterocycles. The molecule has 26 heavy (non-hydrogen) atoms. The molecule has 6 nitrogen and oxygen atoms in total. The SMILES string of the molecule is CCCCCOc1cc(C)ccc1CNC(=NC)NCc1cnn(C)c1. The molecule has 142 valence electrons. The summed E-state index contributed by atoms with van der Waals surface area (Å²) in [5.41, 5.74) is 3.46. The number of hydrogen-bond donors (Lipinski definition) is 2. The number of aryl methyl sites for hydroxylation is 2. The Bertz CT molecular complexity index is 708. The van der Waals surface area contributed by atoms with Gasteiger partial charge in [0, 0.05) is 44.5 Å². The molecule has 1 aromatic heterocycles. The number of guanidine groups is 1. The summed E-state index contributed by atoms with van der Waals surface area (Å²) in [6.45, 7) is 6.40. The van der Waals surface area contributed by atoms with E-state index in [9.17, 15) is 0 Å². The molecule has 0 radical (unpaired) electrons. The third-order valence-corrected chi connectivity index (χ3v) is 4.12. The Kier molecular flexibility index (Phi) is 7.99. The number of nitrogens with one attached hydrogen (secondary N) is 2. The zero-order valence-electron chi connectivity index (χ0n) is 16.4. The van der Waals surface area contributed by atoms with Crippen molar-refractivity contribution >= 4 is 5.96 Å². The van der Waals surface area contributed by atoms with Gasteiger partial charge in [-0.05, 0) is 25.0 Å². The third-order valence-electron chi connectivity index (χ3n) is 4.12. The van der Waals surface area contributed by atoms with E-state index < -0.39 is 0 Å². The molecule has 0 saturated carbocycles. The Morgan fingerprint density at radius 1 is 1.23 bits per heavy atom. The summed E-state index contributed by atoms with van der Waals surface area (Å²) in [6.07, 6.45) is 7.32. The average molecular weight is 358 g/mol. The minimum absolute atomic E-state index is 0.663. The second-order valence-corrected chi connectivity index (χ2v) is 6.47. The Balaban J connectivity index is 1.89. The summed E-state index contributed by atoms with van der Waals surface area (Å²) < 4.78 is 7.80. The molecule has 0 spiro atoms. The Morgan fingerprint density at radius 2 is 2.04 bits per heavy atom. The van der Waals surface area contributed by atoms with Crippen LogP contribution in [0.3, 0.4) is 0 Å². The summed E-state index contributed by atoms with van der Waals surface area (Å²) in [6, 6.07) is 6.34. The number of hydrogen-bond acceptors (Lipinski definition) is 3. The van der Waals surface area contributed by atoms with Crippen molar-refractivity contribution in [2.24, 2.45) is 12.0 Å². The lowest BCUT2D eigenvalue weighted by Gasteiger charge is -2.15. The highest BCUT2D eigenvalue weighted by atomic mass is 16.5. The molecule has 2 aromatic rings. The average Bonchev–Trinajstić information content (AvgIpc) is 3.05. The smallest absolute Gasteiger partial charge is 0.191 e. The minimum atomic E-state index is 0.663. The van der Waals surface area contributed by atoms with Crippen LogP contribution in [0.4, 0.5) is 0 Å². The molecule has 1 aromatic carbocycles. The maximum absolute atomic E-state index is 6.01. The van der Waals surface area contributed by atoms with Crippen molar-refractivity contribution in [2.75, 3.05) is 13.7 Å². The van der Waals surface area contributed by atoms with Crippen molar-refractivity contribution in [1.82, 2.24) is 20.4 Å². The molecule has 0 unspecified atom stereocenters. The van der Waals surface area contributed by atoms with Crippen molar-refractivity contribution in [2.45, 2.75) is 46.2 Å². The molecule has 0 aliphatic carbocycles. The molecule has 0 aliphatic heterocycles. The van der Waals surface area contributed by atoms with Gasteiger partial charge in [0.15, 0.2) is 5.96 Å². The Morgan fingerprint density at radius 3 is 2.73 bits per heavy atom. The number of nitrogens with zero attached hydrogens (tertiary/aromatic N) is 3. The first kappa shape index (κ1) is 19.8. The van der Waals surface area contributed by atoms with E-state index >= 15 is 0 Å². The fourth-order valence-corrected chi connectivity index (χ4v) is 2.62. The highest BCUT2D eigenvalue weighted by molar-refractivity contribution is 5.79. The molecule has 1 heterocycles. The number of unbranched alkanes of at least 4 members (excludes halogenated alkanes) is 2. The van der Waals surface area contributed by atoms with Crippen LogP contribution >= 0.6 is 0 Å². The molecular formula is C20H31N5O. The standard InChI is InChI=1S/C20H31N5O/c1-5-6-7-10-26-19-11-16(2)8-9-18(19)14-23-20(21-3)22-12-17-13-24-25(4)15-17/h8-9,11,13,15H,5-7,10,12,14H2,1-4H3,(H2,21,22,23). The predicted molar refractivity (Wildman–Crippen MR) is 106 cm³/mol. The number of aromatic nitrogens is 2. The molecule has 2 N–H and O–H groups in total. The van der Waals surface area contributed by atoms with Crippen molar-refractivity contribution in [3.8, 4) is 5.75 Å². The highest BCUT2D eigenvalue weighted by Crippen LogP contribution is 2.20. The second-order valence-electron chi connectivity index (χ2n) is 6.47. The van der Waals surface area contributed by atoms with E-state index in [1.165, 1.54) is 18.4 Å². The quantitative estimate of drug-likeness (QED) is 0.411. The fourth-order valence-electron chi connectivity index (χ4n) is 2.62. The van der Waals surface area contributed by atoms with E-state index in [1.807, 2.05) is 19.4 Å². The Labute approximate surface area is 156 Å². The van der Waals surface area contributed by atoms with Crippen molar-refractivity contribution in [1.29, 1.82) is 0 Å². The van der Waals surface area contributed by atoms with Gasteiger partial charge in [-0.2, -0.15) is 5.10 Å². The van der Waals surface area contributed by atoms with Gasteiger partial charge in [-0.1, -0.05) is 31.9 Å². The molecular weight excluding hydrogens is 326 g/mol. The zero-order chi connectivity index (χ0) is 18.8.